The zero-order valence-electron chi connectivity index (χ0n) is 20.1. The van der Waals surface area contributed by atoms with Gasteiger partial charge in [-0.15, -0.1) is 5.54 Å². The fourth-order valence-corrected chi connectivity index (χ4v) is 10.00. The average Bonchev–Trinajstić information content (AvgIpc) is 2.74. The van der Waals surface area contributed by atoms with E-state index in [4.69, 9.17) is 14.2 Å². The van der Waals surface area contributed by atoms with Crippen molar-refractivity contribution >= 4 is 14.0 Å². The first kappa shape index (κ1) is 25.6. The Morgan fingerprint density at radius 3 is 2.26 bits per heavy atom. The van der Waals surface area contributed by atoms with E-state index in [0.717, 1.165) is 25.9 Å². The van der Waals surface area contributed by atoms with Gasteiger partial charge in [-0.1, -0.05) is 65.7 Å². The standard InChI is InChI=1S/C26H40O4Si/c1-20(2)31(21(3)4,22(5)6)19-16-24(15-18-29-25-14-10-11-17-28-25)30-26(27)23-12-8-7-9-13-23/h7-9,12-13,20-22,24-25H,10-11,14-15,17-18H2,1-6H3. The molecule has 31 heavy (non-hydrogen) atoms. The molecule has 1 aliphatic heterocycles. The van der Waals surface area contributed by atoms with Gasteiger partial charge in [0, 0.05) is 13.0 Å². The Morgan fingerprint density at radius 2 is 1.71 bits per heavy atom. The van der Waals surface area contributed by atoms with Crippen LogP contribution in [0.3, 0.4) is 0 Å². The van der Waals surface area contributed by atoms with E-state index in [-0.39, 0.29) is 12.3 Å². The predicted octanol–water partition coefficient (Wildman–Crippen LogP) is 6.37. The highest BCUT2D eigenvalue weighted by molar-refractivity contribution is 6.90. The molecule has 0 aliphatic carbocycles. The molecular formula is C26H40O4Si. The summed E-state index contributed by atoms with van der Waals surface area (Å²) in [5, 5.41) is 0. The fourth-order valence-electron chi connectivity index (χ4n) is 4.72. The zero-order chi connectivity index (χ0) is 22.9. The summed E-state index contributed by atoms with van der Waals surface area (Å²) in [5.74, 6) is 3.06. The van der Waals surface area contributed by atoms with E-state index in [2.05, 4.69) is 53.0 Å². The molecular weight excluding hydrogens is 404 g/mol. The number of rotatable bonds is 9. The minimum Gasteiger partial charge on any atom is -0.445 e. The number of benzene rings is 1. The van der Waals surface area contributed by atoms with E-state index in [0.29, 0.717) is 35.2 Å². The summed E-state index contributed by atoms with van der Waals surface area (Å²) in [7, 11) is -1.91. The van der Waals surface area contributed by atoms with E-state index in [1.54, 1.807) is 12.1 Å². The van der Waals surface area contributed by atoms with Gasteiger partial charge in [0.2, 0.25) is 0 Å². The maximum absolute atomic E-state index is 12.7. The first-order chi connectivity index (χ1) is 14.8. The van der Waals surface area contributed by atoms with Crippen molar-refractivity contribution in [2.24, 2.45) is 0 Å². The third-order valence-electron chi connectivity index (χ3n) is 6.40. The molecule has 2 unspecified atom stereocenters. The molecule has 1 saturated heterocycles. The molecule has 4 nitrogen and oxygen atoms in total. The average molecular weight is 445 g/mol. The van der Waals surface area contributed by atoms with Crippen molar-refractivity contribution in [1.29, 1.82) is 0 Å². The number of esters is 1. The van der Waals surface area contributed by atoms with Gasteiger partial charge in [0.05, 0.1) is 12.2 Å². The molecule has 1 heterocycles. The summed E-state index contributed by atoms with van der Waals surface area (Å²) in [4.78, 5) is 12.7. The molecule has 5 heteroatoms. The third-order valence-corrected chi connectivity index (χ3v) is 12.7. The highest BCUT2D eigenvalue weighted by Gasteiger charge is 2.41. The summed E-state index contributed by atoms with van der Waals surface area (Å²) in [6.07, 6.45) is 3.05. The molecule has 1 fully saturated rings. The minimum absolute atomic E-state index is 0.150. The van der Waals surface area contributed by atoms with Gasteiger partial charge >= 0.3 is 5.97 Å². The highest BCUT2D eigenvalue weighted by atomic mass is 28.3. The lowest BCUT2D eigenvalue weighted by atomic mass is 10.2. The summed E-state index contributed by atoms with van der Waals surface area (Å²) in [6, 6.07) is 9.12. The van der Waals surface area contributed by atoms with Gasteiger partial charge < -0.3 is 14.2 Å². The van der Waals surface area contributed by atoms with E-state index >= 15 is 0 Å². The summed E-state index contributed by atoms with van der Waals surface area (Å²) < 4.78 is 17.4. The molecule has 0 saturated carbocycles. The SMILES string of the molecule is CC(C)[Si](C#CC(CCOC1CCCCO1)OC(=O)c1ccccc1)(C(C)C)C(C)C. The van der Waals surface area contributed by atoms with Crippen LogP contribution in [0.25, 0.3) is 0 Å². The van der Waals surface area contributed by atoms with Crippen LogP contribution in [0.5, 0.6) is 0 Å². The molecule has 2 rings (SSSR count). The second-order valence-electron chi connectivity index (χ2n) is 9.38. The molecule has 0 radical (unpaired) electrons. The van der Waals surface area contributed by atoms with Crippen molar-refractivity contribution in [2.45, 2.75) is 96.2 Å². The lowest BCUT2D eigenvalue weighted by Crippen LogP contribution is -2.43. The van der Waals surface area contributed by atoms with E-state index in [1.807, 2.05) is 18.2 Å². The molecule has 1 aromatic carbocycles. The number of ether oxygens (including phenoxy) is 3. The van der Waals surface area contributed by atoms with Gasteiger partial charge in [0.1, 0.15) is 8.07 Å². The maximum Gasteiger partial charge on any atom is 0.339 e. The van der Waals surface area contributed by atoms with Crippen molar-refractivity contribution in [3.63, 3.8) is 0 Å². The van der Waals surface area contributed by atoms with Gasteiger partial charge in [-0.25, -0.2) is 4.79 Å². The number of carbonyl (C=O) groups is 1. The van der Waals surface area contributed by atoms with E-state index in [1.165, 1.54) is 0 Å². The molecule has 2 atom stereocenters. The van der Waals surface area contributed by atoms with Crippen LogP contribution in [0.2, 0.25) is 16.6 Å². The van der Waals surface area contributed by atoms with Crippen molar-refractivity contribution < 1.29 is 19.0 Å². The minimum atomic E-state index is -1.91. The Labute approximate surface area is 190 Å². The Balaban J connectivity index is 2.17. The molecule has 0 N–H and O–H groups in total. The molecule has 0 aromatic heterocycles. The van der Waals surface area contributed by atoms with Crippen LogP contribution in [-0.4, -0.2) is 39.7 Å². The lowest BCUT2D eigenvalue weighted by Gasteiger charge is -2.38. The fraction of sp³-hybridized carbons (Fsp3) is 0.654. The maximum atomic E-state index is 12.7. The van der Waals surface area contributed by atoms with Gasteiger partial charge in [-0.2, -0.15) is 0 Å². The molecule has 1 aliphatic rings. The molecule has 172 valence electrons. The topological polar surface area (TPSA) is 44.8 Å². The van der Waals surface area contributed by atoms with Crippen molar-refractivity contribution in [3.8, 4) is 11.5 Å². The van der Waals surface area contributed by atoms with Crippen LogP contribution < -0.4 is 0 Å². The third kappa shape index (κ3) is 7.20. The second-order valence-corrected chi connectivity index (χ2v) is 15.0. The summed E-state index contributed by atoms with van der Waals surface area (Å²) in [6.45, 7) is 14.9. The Kier molecular flexibility index (Phi) is 10.3. The Morgan fingerprint density at radius 1 is 1.06 bits per heavy atom. The Hall–Kier alpha value is -1.61. The van der Waals surface area contributed by atoms with Gasteiger partial charge in [0.15, 0.2) is 12.4 Å². The van der Waals surface area contributed by atoms with Crippen LogP contribution in [-0.2, 0) is 14.2 Å². The smallest absolute Gasteiger partial charge is 0.339 e. The molecule has 0 bridgehead atoms. The molecule has 0 spiro atoms. The Bertz CT molecular complexity index is 705. The number of carbonyl (C=O) groups excluding carboxylic acids is 1. The zero-order valence-corrected chi connectivity index (χ0v) is 21.1. The quantitative estimate of drug-likeness (QED) is 0.252. The molecule has 1 aromatic rings. The molecule has 0 amide bonds. The number of hydrogen-bond acceptors (Lipinski definition) is 4. The number of hydrogen-bond donors (Lipinski definition) is 0. The summed E-state index contributed by atoms with van der Waals surface area (Å²) >= 11 is 0. The van der Waals surface area contributed by atoms with Gasteiger partial charge in [-0.3, -0.25) is 0 Å². The first-order valence-electron chi connectivity index (χ1n) is 11.8. The van der Waals surface area contributed by atoms with Crippen molar-refractivity contribution in [1.82, 2.24) is 0 Å². The first-order valence-corrected chi connectivity index (χ1v) is 14.0. The van der Waals surface area contributed by atoms with E-state index < -0.39 is 14.2 Å². The predicted molar refractivity (Wildman–Crippen MR) is 129 cm³/mol. The van der Waals surface area contributed by atoms with Gasteiger partial charge in [-0.05, 0) is 48.0 Å². The largest absolute Gasteiger partial charge is 0.445 e. The van der Waals surface area contributed by atoms with E-state index in [9.17, 15) is 4.79 Å². The van der Waals surface area contributed by atoms with Crippen molar-refractivity contribution in [2.75, 3.05) is 13.2 Å². The van der Waals surface area contributed by atoms with Crippen LogP contribution in [0, 0.1) is 11.5 Å². The van der Waals surface area contributed by atoms with Crippen LogP contribution in [0.4, 0.5) is 0 Å². The summed E-state index contributed by atoms with van der Waals surface area (Å²) in [5.41, 5.74) is 5.82. The second kappa shape index (κ2) is 12.4. The van der Waals surface area contributed by atoms with Crippen molar-refractivity contribution in [3.05, 3.63) is 35.9 Å². The van der Waals surface area contributed by atoms with Crippen LogP contribution in [0.1, 0.15) is 77.6 Å². The van der Waals surface area contributed by atoms with Gasteiger partial charge in [0.25, 0.3) is 0 Å². The van der Waals surface area contributed by atoms with Crippen LogP contribution in [0.15, 0.2) is 30.3 Å². The monoisotopic (exact) mass is 444 g/mol. The van der Waals surface area contributed by atoms with Crippen LogP contribution >= 0.6 is 0 Å². The normalized spacial score (nSPS) is 18.0. The lowest BCUT2D eigenvalue weighted by molar-refractivity contribution is -0.164. The highest BCUT2D eigenvalue weighted by Crippen LogP contribution is 2.40.